The molecule has 0 radical (unpaired) electrons. The van der Waals surface area contributed by atoms with Crippen molar-refractivity contribution >= 4 is 5.96 Å². The molecular weight excluding hydrogens is 340 g/mol. The molecule has 2 fully saturated rings. The first-order valence-electron chi connectivity index (χ1n) is 10.6. The van der Waals surface area contributed by atoms with Gasteiger partial charge in [0.25, 0.3) is 0 Å². The second-order valence-corrected chi connectivity index (χ2v) is 8.19. The van der Waals surface area contributed by atoms with E-state index in [4.69, 9.17) is 4.42 Å². The lowest BCUT2D eigenvalue weighted by molar-refractivity contribution is 0.0436. The minimum Gasteiger partial charge on any atom is -0.466 e. The van der Waals surface area contributed by atoms with Crippen molar-refractivity contribution in [1.82, 2.24) is 15.5 Å². The van der Waals surface area contributed by atoms with Gasteiger partial charge in [-0.15, -0.1) is 0 Å². The Morgan fingerprint density at radius 2 is 2.00 bits per heavy atom. The number of rotatable bonds is 6. The highest BCUT2D eigenvalue weighted by Gasteiger charge is 2.28. The molecule has 1 atom stereocenters. The van der Waals surface area contributed by atoms with E-state index in [9.17, 15) is 5.11 Å². The van der Waals surface area contributed by atoms with Crippen molar-refractivity contribution in [2.24, 2.45) is 4.99 Å². The van der Waals surface area contributed by atoms with Crippen LogP contribution in [0.2, 0.25) is 0 Å². The molecule has 0 aromatic carbocycles. The second-order valence-electron chi connectivity index (χ2n) is 8.19. The smallest absolute Gasteiger partial charge is 0.191 e. The van der Waals surface area contributed by atoms with Crippen LogP contribution in [0.5, 0.6) is 0 Å². The average molecular weight is 377 g/mol. The highest BCUT2D eigenvalue weighted by atomic mass is 16.4. The Labute approximate surface area is 163 Å². The summed E-state index contributed by atoms with van der Waals surface area (Å²) < 4.78 is 5.34. The number of aliphatic hydroxyl groups is 1. The largest absolute Gasteiger partial charge is 0.466 e. The summed E-state index contributed by atoms with van der Waals surface area (Å²) in [6.07, 6.45) is 10.8. The van der Waals surface area contributed by atoms with Crippen LogP contribution >= 0.6 is 0 Å². The summed E-state index contributed by atoms with van der Waals surface area (Å²) in [4.78, 5) is 7.31. The molecule has 0 amide bonds. The van der Waals surface area contributed by atoms with Gasteiger partial charge in [0, 0.05) is 31.7 Å². The number of aliphatic imine (C=N–C) groups is 1. The third-order valence-corrected chi connectivity index (χ3v) is 5.90. The zero-order valence-corrected chi connectivity index (χ0v) is 16.9. The predicted octanol–water partition coefficient (Wildman–Crippen LogP) is 2.84. The lowest BCUT2D eigenvalue weighted by Crippen LogP contribution is -2.51. The van der Waals surface area contributed by atoms with Gasteiger partial charge >= 0.3 is 0 Å². The zero-order valence-electron chi connectivity index (χ0n) is 16.9. The van der Waals surface area contributed by atoms with E-state index in [1.54, 1.807) is 25.3 Å². The van der Waals surface area contributed by atoms with Crippen LogP contribution in [-0.4, -0.2) is 54.2 Å². The standard InChI is InChI=1S/C21H36N4O2/c1-3-22-20(23-16-21(2,26)19-10-7-15-27-19)24-17-11-13-25(14-12-17)18-8-5-4-6-9-18/h7,10,15,17-18,26H,3-6,8-9,11-14,16H2,1-2H3,(H2,22,23,24). The molecular formula is C21H36N4O2. The molecule has 0 bridgehead atoms. The van der Waals surface area contributed by atoms with Crippen molar-refractivity contribution in [3.8, 4) is 0 Å². The number of nitrogens with zero attached hydrogens (tertiary/aromatic N) is 2. The van der Waals surface area contributed by atoms with E-state index in [1.165, 1.54) is 45.2 Å². The SMILES string of the molecule is CCNC(=NCC(C)(O)c1ccco1)NC1CCN(C2CCCCC2)CC1. The maximum atomic E-state index is 10.6. The summed E-state index contributed by atoms with van der Waals surface area (Å²) in [5, 5.41) is 17.5. The molecule has 1 aliphatic heterocycles. The van der Waals surface area contributed by atoms with Gasteiger partial charge in [0.05, 0.1) is 12.8 Å². The van der Waals surface area contributed by atoms with Gasteiger partial charge < -0.3 is 25.1 Å². The Morgan fingerprint density at radius 3 is 2.63 bits per heavy atom. The highest BCUT2D eigenvalue weighted by molar-refractivity contribution is 5.80. The third kappa shape index (κ3) is 5.72. The first-order chi connectivity index (χ1) is 13.1. The number of nitrogens with one attached hydrogen (secondary N) is 2. The van der Waals surface area contributed by atoms with Gasteiger partial charge in [-0.3, -0.25) is 0 Å². The minimum absolute atomic E-state index is 0.261. The maximum absolute atomic E-state index is 10.6. The van der Waals surface area contributed by atoms with Gasteiger partial charge in [-0.25, -0.2) is 4.99 Å². The van der Waals surface area contributed by atoms with Crippen LogP contribution < -0.4 is 10.6 Å². The summed E-state index contributed by atoms with van der Waals surface area (Å²) in [5.74, 6) is 1.32. The fourth-order valence-corrected chi connectivity index (χ4v) is 4.26. The van der Waals surface area contributed by atoms with Crippen LogP contribution in [0.25, 0.3) is 0 Å². The molecule has 6 heteroatoms. The predicted molar refractivity (Wildman–Crippen MR) is 109 cm³/mol. The van der Waals surface area contributed by atoms with E-state index in [0.717, 1.165) is 31.4 Å². The van der Waals surface area contributed by atoms with Crippen LogP contribution in [-0.2, 0) is 5.60 Å². The summed E-state index contributed by atoms with van der Waals surface area (Å²) in [6.45, 7) is 7.21. The minimum atomic E-state index is -1.10. The van der Waals surface area contributed by atoms with Crippen molar-refractivity contribution in [2.45, 2.75) is 76.5 Å². The van der Waals surface area contributed by atoms with E-state index < -0.39 is 5.60 Å². The maximum Gasteiger partial charge on any atom is 0.191 e. The van der Waals surface area contributed by atoms with Crippen LogP contribution in [0.15, 0.2) is 27.8 Å². The van der Waals surface area contributed by atoms with Crippen LogP contribution in [0.1, 0.15) is 64.6 Å². The van der Waals surface area contributed by atoms with Gasteiger partial charge in [-0.1, -0.05) is 19.3 Å². The number of hydrogen-bond acceptors (Lipinski definition) is 4. The molecule has 1 saturated carbocycles. The monoisotopic (exact) mass is 376 g/mol. The quantitative estimate of drug-likeness (QED) is 0.526. The number of furan rings is 1. The van der Waals surface area contributed by atoms with Gasteiger partial charge in [-0.05, 0) is 51.7 Å². The Kier molecular flexibility index (Phi) is 7.19. The fraction of sp³-hybridized carbons (Fsp3) is 0.762. The Hall–Kier alpha value is -1.53. The van der Waals surface area contributed by atoms with E-state index in [0.29, 0.717) is 11.8 Å². The molecule has 27 heavy (non-hydrogen) atoms. The molecule has 1 unspecified atom stereocenters. The molecule has 1 aromatic heterocycles. The van der Waals surface area contributed by atoms with E-state index in [2.05, 4.69) is 27.4 Å². The number of likely N-dealkylation sites (tertiary alicyclic amines) is 1. The average Bonchev–Trinajstić information content (AvgIpc) is 3.24. The molecule has 2 aliphatic rings. The summed E-state index contributed by atoms with van der Waals surface area (Å²) >= 11 is 0. The van der Waals surface area contributed by atoms with Gasteiger partial charge in [0.2, 0.25) is 0 Å². The highest BCUT2D eigenvalue weighted by Crippen LogP contribution is 2.25. The Balaban J connectivity index is 1.50. The lowest BCUT2D eigenvalue weighted by atomic mass is 9.92. The molecule has 2 heterocycles. The first kappa shape index (κ1) is 20.2. The summed E-state index contributed by atoms with van der Waals surface area (Å²) in [6, 6.07) is 4.83. The van der Waals surface area contributed by atoms with Gasteiger partial charge in [0.1, 0.15) is 11.4 Å². The lowest BCUT2D eigenvalue weighted by Gasteiger charge is -2.39. The number of piperidine rings is 1. The van der Waals surface area contributed by atoms with Gasteiger partial charge in [0.15, 0.2) is 5.96 Å². The second kappa shape index (κ2) is 9.60. The summed E-state index contributed by atoms with van der Waals surface area (Å²) in [7, 11) is 0. The van der Waals surface area contributed by atoms with Crippen LogP contribution in [0, 0.1) is 0 Å². The molecule has 1 saturated heterocycles. The van der Waals surface area contributed by atoms with Crippen molar-refractivity contribution in [3.63, 3.8) is 0 Å². The molecule has 3 N–H and O–H groups in total. The number of guanidine groups is 1. The van der Waals surface area contributed by atoms with Crippen molar-refractivity contribution < 1.29 is 9.52 Å². The number of hydrogen-bond donors (Lipinski definition) is 3. The molecule has 0 spiro atoms. The third-order valence-electron chi connectivity index (χ3n) is 5.90. The van der Waals surface area contributed by atoms with Crippen LogP contribution in [0.3, 0.4) is 0 Å². The van der Waals surface area contributed by atoms with E-state index in [1.807, 2.05) is 0 Å². The van der Waals surface area contributed by atoms with Gasteiger partial charge in [-0.2, -0.15) is 0 Å². The van der Waals surface area contributed by atoms with E-state index in [-0.39, 0.29) is 6.54 Å². The molecule has 6 nitrogen and oxygen atoms in total. The first-order valence-corrected chi connectivity index (χ1v) is 10.6. The van der Waals surface area contributed by atoms with Crippen molar-refractivity contribution in [3.05, 3.63) is 24.2 Å². The topological polar surface area (TPSA) is 73.0 Å². The molecule has 1 aliphatic carbocycles. The summed E-state index contributed by atoms with van der Waals surface area (Å²) in [5.41, 5.74) is -1.10. The van der Waals surface area contributed by atoms with Crippen molar-refractivity contribution in [2.75, 3.05) is 26.2 Å². The normalized spacial score (nSPS) is 23.1. The van der Waals surface area contributed by atoms with Crippen molar-refractivity contribution in [1.29, 1.82) is 0 Å². The van der Waals surface area contributed by atoms with Crippen LogP contribution in [0.4, 0.5) is 0 Å². The zero-order chi connectivity index (χ0) is 19.1. The Morgan fingerprint density at radius 1 is 1.26 bits per heavy atom. The molecule has 3 rings (SSSR count). The fourth-order valence-electron chi connectivity index (χ4n) is 4.26. The Bertz CT molecular complexity index is 571. The van der Waals surface area contributed by atoms with E-state index >= 15 is 0 Å². The molecule has 1 aromatic rings. The molecule has 152 valence electrons.